The Labute approximate surface area is 191 Å². The molecular formula is C24H23Cl2NO4. The molecule has 0 saturated carbocycles. The number of hydrogen-bond acceptors (Lipinski definition) is 4. The van der Waals surface area contributed by atoms with Gasteiger partial charge in [-0.05, 0) is 18.6 Å². The van der Waals surface area contributed by atoms with E-state index in [1.807, 2.05) is 18.2 Å². The Hall–Kier alpha value is -2.37. The molecule has 1 spiro atoms. The highest BCUT2D eigenvalue weighted by atomic mass is 35.5. The lowest BCUT2D eigenvalue weighted by Crippen LogP contribution is -2.52. The van der Waals surface area contributed by atoms with Gasteiger partial charge in [-0.25, -0.2) is 0 Å². The molecule has 162 valence electrons. The molecule has 2 aliphatic heterocycles. The summed E-state index contributed by atoms with van der Waals surface area (Å²) < 4.78 is 6.21. The molecule has 2 heterocycles. The molecule has 1 fully saturated rings. The maximum Gasteiger partial charge on any atom is 0.222 e. The first-order valence-electron chi connectivity index (χ1n) is 10.4. The standard InChI is InChI=1S/C24H23Cl2NO4/c25-17-13-18-21(29)15-24(31-23(18)19(26)14-17)9-11-27(12-10-24)22(30)8-4-7-20(28)16-5-2-1-3-6-16/h1-3,5-6,13-14H,4,7-12,15H2. The second kappa shape index (κ2) is 9.01. The summed E-state index contributed by atoms with van der Waals surface area (Å²) >= 11 is 12.3. The van der Waals surface area contributed by atoms with Crippen molar-refractivity contribution in [2.75, 3.05) is 13.1 Å². The number of rotatable bonds is 5. The van der Waals surface area contributed by atoms with Crippen LogP contribution >= 0.6 is 23.2 Å². The maximum absolute atomic E-state index is 12.7. The van der Waals surface area contributed by atoms with Gasteiger partial charge in [0.05, 0.1) is 17.0 Å². The van der Waals surface area contributed by atoms with E-state index in [1.54, 1.807) is 29.2 Å². The third kappa shape index (κ3) is 4.78. The number of benzene rings is 2. The average Bonchev–Trinajstić information content (AvgIpc) is 2.76. The van der Waals surface area contributed by atoms with Crippen LogP contribution < -0.4 is 4.74 Å². The monoisotopic (exact) mass is 459 g/mol. The van der Waals surface area contributed by atoms with Crippen LogP contribution in [-0.4, -0.2) is 41.1 Å². The van der Waals surface area contributed by atoms with E-state index in [9.17, 15) is 14.4 Å². The van der Waals surface area contributed by atoms with Crippen LogP contribution in [0.4, 0.5) is 0 Å². The van der Waals surface area contributed by atoms with Crippen LogP contribution in [0, 0.1) is 0 Å². The van der Waals surface area contributed by atoms with Crippen molar-refractivity contribution in [3.63, 3.8) is 0 Å². The molecule has 2 aromatic carbocycles. The molecule has 7 heteroatoms. The highest BCUT2D eigenvalue weighted by molar-refractivity contribution is 6.36. The predicted octanol–water partition coefficient (Wildman–Crippen LogP) is 5.37. The van der Waals surface area contributed by atoms with Crippen LogP contribution in [0.2, 0.25) is 10.0 Å². The molecule has 31 heavy (non-hydrogen) atoms. The lowest BCUT2D eigenvalue weighted by molar-refractivity contribution is -0.134. The van der Waals surface area contributed by atoms with Gasteiger partial charge in [-0.3, -0.25) is 14.4 Å². The SMILES string of the molecule is O=C(CCCC(=O)N1CCC2(CC1)CC(=O)c1cc(Cl)cc(Cl)c1O2)c1ccccc1. The van der Waals surface area contributed by atoms with Crippen LogP contribution in [0.15, 0.2) is 42.5 Å². The summed E-state index contributed by atoms with van der Waals surface area (Å²) in [4.78, 5) is 39.3. The smallest absolute Gasteiger partial charge is 0.222 e. The Morgan fingerprint density at radius 3 is 2.45 bits per heavy atom. The number of carbonyl (C=O) groups is 3. The largest absolute Gasteiger partial charge is 0.484 e. The minimum absolute atomic E-state index is 0.0306. The van der Waals surface area contributed by atoms with E-state index in [4.69, 9.17) is 27.9 Å². The molecule has 0 bridgehead atoms. The van der Waals surface area contributed by atoms with Gasteiger partial charge in [0.15, 0.2) is 11.6 Å². The summed E-state index contributed by atoms with van der Waals surface area (Å²) in [6.07, 6.45) is 2.58. The molecule has 2 aromatic rings. The number of piperidine rings is 1. The molecule has 0 atom stereocenters. The summed E-state index contributed by atoms with van der Waals surface area (Å²) in [5.41, 5.74) is 0.459. The van der Waals surface area contributed by atoms with Gasteiger partial charge in [-0.15, -0.1) is 0 Å². The van der Waals surface area contributed by atoms with Crippen molar-refractivity contribution in [1.29, 1.82) is 0 Å². The molecule has 0 radical (unpaired) electrons. The van der Waals surface area contributed by atoms with Crippen molar-refractivity contribution < 1.29 is 19.1 Å². The molecule has 0 aliphatic carbocycles. The van der Waals surface area contributed by atoms with Crippen LogP contribution in [0.1, 0.15) is 59.2 Å². The number of nitrogens with zero attached hydrogens (tertiary/aromatic N) is 1. The van der Waals surface area contributed by atoms with Crippen LogP contribution in [-0.2, 0) is 4.79 Å². The van der Waals surface area contributed by atoms with Gasteiger partial charge in [0.2, 0.25) is 5.91 Å². The van der Waals surface area contributed by atoms with E-state index in [0.29, 0.717) is 72.1 Å². The second-order valence-corrected chi connectivity index (χ2v) is 9.02. The number of halogens is 2. The van der Waals surface area contributed by atoms with E-state index < -0.39 is 5.60 Å². The number of ketones is 2. The summed E-state index contributed by atoms with van der Waals surface area (Å²) in [6.45, 7) is 1.03. The van der Waals surface area contributed by atoms with E-state index in [2.05, 4.69) is 0 Å². The number of amides is 1. The molecule has 2 aliphatic rings. The Bertz CT molecular complexity index is 1010. The highest BCUT2D eigenvalue weighted by Gasteiger charge is 2.44. The van der Waals surface area contributed by atoms with Crippen molar-refractivity contribution >= 4 is 40.7 Å². The van der Waals surface area contributed by atoms with Gasteiger partial charge in [0, 0.05) is 49.4 Å². The first-order chi connectivity index (χ1) is 14.9. The summed E-state index contributed by atoms with van der Waals surface area (Å²) in [5, 5.41) is 0.735. The van der Waals surface area contributed by atoms with Gasteiger partial charge in [-0.2, -0.15) is 0 Å². The van der Waals surface area contributed by atoms with E-state index >= 15 is 0 Å². The quantitative estimate of drug-likeness (QED) is 0.563. The number of carbonyl (C=O) groups excluding carboxylic acids is 3. The molecule has 0 unspecified atom stereocenters. The van der Waals surface area contributed by atoms with E-state index in [0.717, 1.165) is 0 Å². The maximum atomic E-state index is 12.7. The fraction of sp³-hybridized carbons (Fsp3) is 0.375. The normalized spacial score (nSPS) is 17.2. The molecule has 0 N–H and O–H groups in total. The number of ether oxygens (including phenoxy) is 1. The van der Waals surface area contributed by atoms with Gasteiger partial charge in [0.25, 0.3) is 0 Å². The van der Waals surface area contributed by atoms with Crippen molar-refractivity contribution in [1.82, 2.24) is 4.90 Å². The van der Waals surface area contributed by atoms with Crippen LogP contribution in [0.3, 0.4) is 0 Å². The second-order valence-electron chi connectivity index (χ2n) is 8.17. The summed E-state index contributed by atoms with van der Waals surface area (Å²) in [5.74, 6) is 0.435. The van der Waals surface area contributed by atoms with E-state index in [1.165, 1.54) is 0 Å². The Morgan fingerprint density at radius 2 is 1.74 bits per heavy atom. The first kappa shape index (κ1) is 21.8. The zero-order valence-electron chi connectivity index (χ0n) is 17.0. The minimum Gasteiger partial charge on any atom is -0.484 e. The van der Waals surface area contributed by atoms with Gasteiger partial charge < -0.3 is 9.64 Å². The zero-order valence-corrected chi connectivity index (χ0v) is 18.5. The van der Waals surface area contributed by atoms with Crippen LogP contribution in [0.5, 0.6) is 5.75 Å². The lowest BCUT2D eigenvalue weighted by Gasteiger charge is -2.44. The van der Waals surface area contributed by atoms with Crippen molar-refractivity contribution in [3.8, 4) is 5.75 Å². The molecule has 1 saturated heterocycles. The van der Waals surface area contributed by atoms with E-state index in [-0.39, 0.29) is 23.9 Å². The minimum atomic E-state index is -0.637. The van der Waals surface area contributed by atoms with Crippen molar-refractivity contribution in [2.24, 2.45) is 0 Å². The summed E-state index contributed by atoms with van der Waals surface area (Å²) in [6, 6.07) is 12.3. The van der Waals surface area contributed by atoms with Crippen molar-refractivity contribution in [2.45, 2.75) is 44.1 Å². The topological polar surface area (TPSA) is 63.7 Å². The predicted molar refractivity (Wildman–Crippen MR) is 119 cm³/mol. The molecule has 5 nitrogen and oxygen atoms in total. The Morgan fingerprint density at radius 1 is 1.03 bits per heavy atom. The lowest BCUT2D eigenvalue weighted by atomic mass is 9.82. The number of Topliss-reactive ketones (excluding diaryl/α,β-unsaturated/α-hetero) is 2. The van der Waals surface area contributed by atoms with Gasteiger partial charge in [-0.1, -0.05) is 53.5 Å². The number of likely N-dealkylation sites (tertiary alicyclic amines) is 1. The summed E-state index contributed by atoms with van der Waals surface area (Å²) in [7, 11) is 0. The molecule has 0 aromatic heterocycles. The van der Waals surface area contributed by atoms with Gasteiger partial charge >= 0.3 is 0 Å². The molecular weight excluding hydrogens is 437 g/mol. The van der Waals surface area contributed by atoms with Crippen molar-refractivity contribution in [3.05, 3.63) is 63.6 Å². The fourth-order valence-electron chi connectivity index (χ4n) is 4.28. The third-order valence-electron chi connectivity index (χ3n) is 6.03. The first-order valence-corrected chi connectivity index (χ1v) is 11.2. The number of fused-ring (bicyclic) bond motifs is 1. The average molecular weight is 460 g/mol. The van der Waals surface area contributed by atoms with Crippen LogP contribution in [0.25, 0.3) is 0 Å². The molecule has 1 amide bonds. The Kier molecular flexibility index (Phi) is 6.35. The number of hydrogen-bond donors (Lipinski definition) is 0. The highest BCUT2D eigenvalue weighted by Crippen LogP contribution is 2.44. The zero-order chi connectivity index (χ0) is 22.0. The third-order valence-corrected chi connectivity index (χ3v) is 6.53. The van der Waals surface area contributed by atoms with Gasteiger partial charge in [0.1, 0.15) is 11.4 Å². The molecule has 4 rings (SSSR count). The fourth-order valence-corrected chi connectivity index (χ4v) is 4.81. The Balaban J connectivity index is 1.31.